The number of alkyl halides is 3. The van der Waals surface area contributed by atoms with E-state index in [4.69, 9.17) is 23.2 Å². The second kappa shape index (κ2) is 7.36. The zero-order chi connectivity index (χ0) is 14.5. The second-order valence-electron chi connectivity index (χ2n) is 4.30. The molecule has 1 N–H and O–H groups in total. The van der Waals surface area contributed by atoms with Crippen LogP contribution in [0.1, 0.15) is 37.8 Å². The largest absolute Gasteiger partial charge is 0.389 e. The fourth-order valence-electron chi connectivity index (χ4n) is 1.82. The first-order chi connectivity index (χ1) is 8.85. The van der Waals surface area contributed by atoms with Gasteiger partial charge in [0, 0.05) is 28.1 Å². The molecular formula is C13H16Cl2F3N. The van der Waals surface area contributed by atoms with E-state index in [1.807, 2.05) is 6.92 Å². The highest BCUT2D eigenvalue weighted by atomic mass is 35.5. The van der Waals surface area contributed by atoms with E-state index in [0.29, 0.717) is 22.2 Å². The van der Waals surface area contributed by atoms with E-state index < -0.39 is 18.6 Å². The molecule has 0 aliphatic heterocycles. The van der Waals surface area contributed by atoms with E-state index in [2.05, 4.69) is 5.32 Å². The third-order valence-corrected chi connectivity index (χ3v) is 3.36. The predicted octanol–water partition coefficient (Wildman–Crippen LogP) is 5.38. The van der Waals surface area contributed by atoms with Crippen molar-refractivity contribution in [1.29, 1.82) is 0 Å². The summed E-state index contributed by atoms with van der Waals surface area (Å²) in [6.45, 7) is 2.56. The van der Waals surface area contributed by atoms with E-state index in [9.17, 15) is 13.2 Å². The van der Waals surface area contributed by atoms with Crippen LogP contribution in [-0.2, 0) is 0 Å². The Morgan fingerprint density at radius 1 is 1.21 bits per heavy atom. The molecule has 0 aliphatic rings. The SMILES string of the molecule is CCCNC(CCC(F)(F)F)c1c(Cl)cccc1Cl. The van der Waals surface area contributed by atoms with Crippen molar-refractivity contribution >= 4 is 23.2 Å². The quantitative estimate of drug-likeness (QED) is 0.743. The average Bonchev–Trinajstić information content (AvgIpc) is 2.30. The number of benzene rings is 1. The van der Waals surface area contributed by atoms with Gasteiger partial charge in [-0.25, -0.2) is 0 Å². The summed E-state index contributed by atoms with van der Waals surface area (Å²) in [7, 11) is 0. The molecular weight excluding hydrogens is 298 g/mol. The van der Waals surface area contributed by atoms with E-state index in [0.717, 1.165) is 6.42 Å². The van der Waals surface area contributed by atoms with Crippen LogP contribution in [0.25, 0.3) is 0 Å². The summed E-state index contributed by atoms with van der Waals surface area (Å²) in [5, 5.41) is 3.85. The van der Waals surface area contributed by atoms with Gasteiger partial charge < -0.3 is 5.32 Å². The standard InChI is InChI=1S/C13H16Cl2F3N/c1-2-8-19-11(6-7-13(16,17)18)12-9(14)4-3-5-10(12)15/h3-5,11,19H,2,6-8H2,1H3. The lowest BCUT2D eigenvalue weighted by atomic mass is 10.0. The van der Waals surface area contributed by atoms with Crippen LogP contribution < -0.4 is 5.32 Å². The lowest BCUT2D eigenvalue weighted by Crippen LogP contribution is -2.24. The van der Waals surface area contributed by atoms with E-state index in [-0.39, 0.29) is 6.42 Å². The molecule has 19 heavy (non-hydrogen) atoms. The van der Waals surface area contributed by atoms with Crippen LogP contribution in [0.15, 0.2) is 18.2 Å². The maximum absolute atomic E-state index is 12.4. The maximum Gasteiger partial charge on any atom is 0.389 e. The Bertz CT molecular complexity index is 387. The van der Waals surface area contributed by atoms with Crippen molar-refractivity contribution in [2.24, 2.45) is 0 Å². The minimum Gasteiger partial charge on any atom is -0.310 e. The Morgan fingerprint density at radius 3 is 2.26 bits per heavy atom. The fraction of sp³-hybridized carbons (Fsp3) is 0.538. The van der Waals surface area contributed by atoms with E-state index >= 15 is 0 Å². The zero-order valence-electron chi connectivity index (χ0n) is 10.5. The first-order valence-electron chi connectivity index (χ1n) is 6.09. The van der Waals surface area contributed by atoms with Gasteiger partial charge in [-0.2, -0.15) is 13.2 Å². The van der Waals surface area contributed by atoms with Crippen LogP contribution in [0.3, 0.4) is 0 Å². The Kier molecular flexibility index (Phi) is 6.43. The van der Waals surface area contributed by atoms with Crippen molar-refractivity contribution in [3.05, 3.63) is 33.8 Å². The molecule has 0 aliphatic carbocycles. The lowest BCUT2D eigenvalue weighted by molar-refractivity contribution is -0.136. The van der Waals surface area contributed by atoms with Gasteiger partial charge in [-0.3, -0.25) is 0 Å². The molecule has 0 saturated carbocycles. The lowest BCUT2D eigenvalue weighted by Gasteiger charge is -2.22. The van der Waals surface area contributed by atoms with Gasteiger partial charge in [0.05, 0.1) is 0 Å². The Morgan fingerprint density at radius 2 is 1.79 bits per heavy atom. The number of halogens is 5. The first kappa shape index (κ1) is 16.6. The third kappa shape index (κ3) is 5.59. The first-order valence-corrected chi connectivity index (χ1v) is 6.84. The molecule has 108 valence electrons. The molecule has 0 radical (unpaired) electrons. The van der Waals surface area contributed by atoms with Crippen LogP contribution in [0.5, 0.6) is 0 Å². The fourth-order valence-corrected chi connectivity index (χ4v) is 2.48. The summed E-state index contributed by atoms with van der Waals surface area (Å²) in [4.78, 5) is 0. The summed E-state index contributed by atoms with van der Waals surface area (Å²) in [6.07, 6.45) is -4.30. The highest BCUT2D eigenvalue weighted by Crippen LogP contribution is 2.35. The third-order valence-electron chi connectivity index (χ3n) is 2.71. The highest BCUT2D eigenvalue weighted by molar-refractivity contribution is 6.36. The van der Waals surface area contributed by atoms with Gasteiger partial charge in [-0.1, -0.05) is 36.2 Å². The van der Waals surface area contributed by atoms with Crippen molar-refractivity contribution in [2.45, 2.75) is 38.4 Å². The molecule has 1 aromatic carbocycles. The van der Waals surface area contributed by atoms with Crippen molar-refractivity contribution in [2.75, 3.05) is 6.54 Å². The van der Waals surface area contributed by atoms with Gasteiger partial charge in [0.15, 0.2) is 0 Å². The summed E-state index contributed by atoms with van der Waals surface area (Å²) in [6, 6.07) is 4.46. The molecule has 1 atom stereocenters. The topological polar surface area (TPSA) is 12.0 Å². The summed E-state index contributed by atoms with van der Waals surface area (Å²) >= 11 is 12.1. The molecule has 0 saturated heterocycles. The molecule has 1 unspecified atom stereocenters. The molecule has 6 heteroatoms. The molecule has 1 aromatic rings. The van der Waals surface area contributed by atoms with Gasteiger partial charge in [0.25, 0.3) is 0 Å². The molecule has 0 amide bonds. The maximum atomic E-state index is 12.4. The predicted molar refractivity (Wildman–Crippen MR) is 72.8 cm³/mol. The van der Waals surface area contributed by atoms with Crippen molar-refractivity contribution in [1.82, 2.24) is 5.32 Å². The van der Waals surface area contributed by atoms with Gasteiger partial charge in [-0.05, 0) is 31.5 Å². The minimum absolute atomic E-state index is 0.0764. The van der Waals surface area contributed by atoms with Crippen LogP contribution in [0.4, 0.5) is 13.2 Å². The smallest absolute Gasteiger partial charge is 0.310 e. The molecule has 1 rings (SSSR count). The van der Waals surface area contributed by atoms with Crippen LogP contribution >= 0.6 is 23.2 Å². The molecule has 0 aromatic heterocycles. The minimum atomic E-state index is -4.18. The molecule has 0 fully saturated rings. The number of rotatable bonds is 6. The monoisotopic (exact) mass is 313 g/mol. The zero-order valence-corrected chi connectivity index (χ0v) is 12.0. The van der Waals surface area contributed by atoms with Gasteiger partial charge in [0.1, 0.15) is 0 Å². The van der Waals surface area contributed by atoms with Crippen LogP contribution in [0, 0.1) is 0 Å². The van der Waals surface area contributed by atoms with Crippen LogP contribution in [0.2, 0.25) is 10.0 Å². The van der Waals surface area contributed by atoms with E-state index in [1.165, 1.54) is 0 Å². The van der Waals surface area contributed by atoms with Crippen molar-refractivity contribution in [3.63, 3.8) is 0 Å². The van der Waals surface area contributed by atoms with Crippen molar-refractivity contribution in [3.8, 4) is 0 Å². The average molecular weight is 314 g/mol. The Labute approximate surface area is 121 Å². The molecule has 0 bridgehead atoms. The normalized spacial score (nSPS) is 13.6. The number of nitrogens with one attached hydrogen (secondary N) is 1. The van der Waals surface area contributed by atoms with E-state index in [1.54, 1.807) is 18.2 Å². The highest BCUT2D eigenvalue weighted by Gasteiger charge is 2.29. The summed E-state index contributed by atoms with van der Waals surface area (Å²) in [5.41, 5.74) is 0.545. The number of hydrogen-bond acceptors (Lipinski definition) is 1. The van der Waals surface area contributed by atoms with Crippen molar-refractivity contribution < 1.29 is 13.2 Å². The Balaban J connectivity index is 2.89. The Hall–Kier alpha value is -0.450. The summed E-state index contributed by atoms with van der Waals surface area (Å²) < 4.78 is 37.1. The van der Waals surface area contributed by atoms with Gasteiger partial charge in [0.2, 0.25) is 0 Å². The molecule has 0 heterocycles. The van der Waals surface area contributed by atoms with Gasteiger partial charge >= 0.3 is 6.18 Å². The van der Waals surface area contributed by atoms with Gasteiger partial charge in [-0.15, -0.1) is 0 Å². The molecule has 1 nitrogen and oxygen atoms in total. The molecule has 0 spiro atoms. The summed E-state index contributed by atoms with van der Waals surface area (Å²) in [5.74, 6) is 0. The number of hydrogen-bond donors (Lipinski definition) is 1. The van der Waals surface area contributed by atoms with Crippen LogP contribution in [-0.4, -0.2) is 12.7 Å². The second-order valence-corrected chi connectivity index (χ2v) is 5.11.